The number of amides is 1. The standard InChI is InChI=1S/C17H24F3N3O/c1-2-22-10-12-23(13-11-22)9-3-8-21-16(24)14-4-6-15(7-5-14)17(18,19)20/h4-7H,2-3,8-13H2,1H3,(H,21,24). The molecule has 1 aliphatic rings. The first-order valence-corrected chi connectivity index (χ1v) is 8.30. The molecule has 1 N–H and O–H groups in total. The van der Waals surface area contributed by atoms with Crippen LogP contribution in [0.25, 0.3) is 0 Å². The van der Waals surface area contributed by atoms with Crippen molar-refractivity contribution in [1.82, 2.24) is 15.1 Å². The van der Waals surface area contributed by atoms with Gasteiger partial charge in [-0.1, -0.05) is 6.92 Å². The summed E-state index contributed by atoms with van der Waals surface area (Å²) in [6.07, 6.45) is -3.55. The Morgan fingerprint density at radius 2 is 1.67 bits per heavy atom. The van der Waals surface area contributed by atoms with Crippen LogP contribution in [-0.4, -0.2) is 61.5 Å². The van der Waals surface area contributed by atoms with Crippen molar-refractivity contribution in [1.29, 1.82) is 0 Å². The lowest BCUT2D eigenvalue weighted by molar-refractivity contribution is -0.137. The number of hydrogen-bond donors (Lipinski definition) is 1. The minimum Gasteiger partial charge on any atom is -0.352 e. The number of piperazine rings is 1. The highest BCUT2D eigenvalue weighted by Gasteiger charge is 2.30. The second-order valence-corrected chi connectivity index (χ2v) is 5.96. The third kappa shape index (κ3) is 5.49. The molecule has 4 nitrogen and oxygen atoms in total. The highest BCUT2D eigenvalue weighted by molar-refractivity contribution is 5.94. The van der Waals surface area contributed by atoms with E-state index in [4.69, 9.17) is 0 Å². The summed E-state index contributed by atoms with van der Waals surface area (Å²) in [4.78, 5) is 16.7. The molecule has 1 aromatic carbocycles. The van der Waals surface area contributed by atoms with Gasteiger partial charge in [0.05, 0.1) is 5.56 Å². The van der Waals surface area contributed by atoms with E-state index in [0.29, 0.717) is 6.54 Å². The van der Waals surface area contributed by atoms with Crippen molar-refractivity contribution < 1.29 is 18.0 Å². The fraction of sp³-hybridized carbons (Fsp3) is 0.588. The van der Waals surface area contributed by atoms with Crippen LogP contribution in [0.2, 0.25) is 0 Å². The van der Waals surface area contributed by atoms with Crippen LogP contribution in [0.5, 0.6) is 0 Å². The summed E-state index contributed by atoms with van der Waals surface area (Å²) in [6.45, 7) is 8.92. The van der Waals surface area contributed by atoms with E-state index in [1.165, 1.54) is 12.1 Å². The van der Waals surface area contributed by atoms with Gasteiger partial charge in [0.25, 0.3) is 5.91 Å². The first-order valence-electron chi connectivity index (χ1n) is 8.30. The Bertz CT molecular complexity index is 523. The Hall–Kier alpha value is -1.60. The molecule has 1 aliphatic heterocycles. The summed E-state index contributed by atoms with van der Waals surface area (Å²) in [5.74, 6) is -0.334. The predicted molar refractivity (Wildman–Crippen MR) is 86.9 cm³/mol. The normalized spacial score (nSPS) is 17.0. The Morgan fingerprint density at radius 3 is 2.21 bits per heavy atom. The van der Waals surface area contributed by atoms with Crippen LogP contribution in [0.1, 0.15) is 29.3 Å². The molecule has 0 atom stereocenters. The van der Waals surface area contributed by atoms with E-state index >= 15 is 0 Å². The lowest BCUT2D eigenvalue weighted by Crippen LogP contribution is -2.46. The number of nitrogens with zero attached hydrogens (tertiary/aromatic N) is 2. The van der Waals surface area contributed by atoms with Crippen molar-refractivity contribution in [2.75, 3.05) is 45.8 Å². The van der Waals surface area contributed by atoms with E-state index in [1.54, 1.807) is 0 Å². The van der Waals surface area contributed by atoms with Crippen LogP contribution >= 0.6 is 0 Å². The molecule has 0 radical (unpaired) electrons. The Kier molecular flexibility index (Phi) is 6.62. The molecule has 1 amide bonds. The maximum Gasteiger partial charge on any atom is 0.416 e. The number of halogens is 3. The molecule has 24 heavy (non-hydrogen) atoms. The summed E-state index contributed by atoms with van der Waals surface area (Å²) >= 11 is 0. The lowest BCUT2D eigenvalue weighted by atomic mass is 10.1. The van der Waals surface area contributed by atoms with Gasteiger partial charge in [-0.15, -0.1) is 0 Å². The molecule has 1 fully saturated rings. The molecule has 0 aromatic heterocycles. The van der Waals surface area contributed by atoms with Gasteiger partial charge in [0, 0.05) is 38.3 Å². The zero-order valence-electron chi connectivity index (χ0n) is 13.9. The fourth-order valence-electron chi connectivity index (χ4n) is 2.75. The maximum absolute atomic E-state index is 12.5. The molecule has 2 rings (SSSR count). The van der Waals surface area contributed by atoms with Crippen molar-refractivity contribution in [2.24, 2.45) is 0 Å². The Labute approximate surface area is 140 Å². The summed E-state index contributed by atoms with van der Waals surface area (Å²) in [7, 11) is 0. The van der Waals surface area contributed by atoms with E-state index in [1.807, 2.05) is 0 Å². The zero-order valence-corrected chi connectivity index (χ0v) is 13.9. The molecule has 1 saturated heterocycles. The summed E-state index contributed by atoms with van der Waals surface area (Å²) in [5.41, 5.74) is -0.496. The second kappa shape index (κ2) is 8.48. The van der Waals surface area contributed by atoms with Crippen LogP contribution in [0.3, 0.4) is 0 Å². The number of likely N-dealkylation sites (N-methyl/N-ethyl adjacent to an activating group) is 1. The van der Waals surface area contributed by atoms with Crippen LogP contribution in [0, 0.1) is 0 Å². The van der Waals surface area contributed by atoms with Crippen molar-refractivity contribution in [3.63, 3.8) is 0 Å². The average Bonchev–Trinajstić information content (AvgIpc) is 2.58. The van der Waals surface area contributed by atoms with Crippen LogP contribution in [0.4, 0.5) is 13.2 Å². The predicted octanol–water partition coefficient (Wildman–Crippen LogP) is 2.46. The number of carbonyl (C=O) groups excluding carboxylic acids is 1. The van der Waals surface area contributed by atoms with Gasteiger partial charge in [0.1, 0.15) is 0 Å². The highest BCUT2D eigenvalue weighted by atomic mass is 19.4. The van der Waals surface area contributed by atoms with Crippen molar-refractivity contribution >= 4 is 5.91 Å². The van der Waals surface area contributed by atoms with E-state index in [9.17, 15) is 18.0 Å². The van der Waals surface area contributed by atoms with E-state index in [0.717, 1.165) is 57.8 Å². The third-order valence-corrected chi connectivity index (χ3v) is 4.32. The third-order valence-electron chi connectivity index (χ3n) is 4.32. The van der Waals surface area contributed by atoms with Gasteiger partial charge in [-0.3, -0.25) is 4.79 Å². The maximum atomic E-state index is 12.5. The largest absolute Gasteiger partial charge is 0.416 e. The molecule has 0 bridgehead atoms. The van der Waals surface area contributed by atoms with Crippen LogP contribution < -0.4 is 5.32 Å². The van der Waals surface area contributed by atoms with Crippen molar-refractivity contribution in [3.05, 3.63) is 35.4 Å². The minimum absolute atomic E-state index is 0.250. The molecule has 1 aromatic rings. The number of alkyl halides is 3. The second-order valence-electron chi connectivity index (χ2n) is 5.96. The first kappa shape index (κ1) is 18.7. The van der Waals surface area contributed by atoms with Gasteiger partial charge in [0.2, 0.25) is 0 Å². The van der Waals surface area contributed by atoms with Gasteiger partial charge in [0.15, 0.2) is 0 Å². The molecule has 1 heterocycles. The molecule has 134 valence electrons. The van der Waals surface area contributed by atoms with Crippen LogP contribution in [-0.2, 0) is 6.18 Å². The Morgan fingerprint density at radius 1 is 1.08 bits per heavy atom. The summed E-state index contributed by atoms with van der Waals surface area (Å²) in [6, 6.07) is 4.29. The van der Waals surface area contributed by atoms with E-state index in [2.05, 4.69) is 22.0 Å². The molecular weight excluding hydrogens is 319 g/mol. The molecule has 7 heteroatoms. The number of benzene rings is 1. The van der Waals surface area contributed by atoms with Crippen LogP contribution in [0.15, 0.2) is 24.3 Å². The number of nitrogens with one attached hydrogen (secondary N) is 1. The molecule has 0 saturated carbocycles. The van der Waals surface area contributed by atoms with Gasteiger partial charge < -0.3 is 15.1 Å². The van der Waals surface area contributed by atoms with E-state index in [-0.39, 0.29) is 11.5 Å². The Balaban J connectivity index is 1.68. The van der Waals surface area contributed by atoms with E-state index < -0.39 is 11.7 Å². The SMILES string of the molecule is CCN1CCN(CCCNC(=O)c2ccc(C(F)(F)F)cc2)CC1. The lowest BCUT2D eigenvalue weighted by Gasteiger charge is -2.33. The average molecular weight is 343 g/mol. The molecular formula is C17H24F3N3O. The molecule has 0 spiro atoms. The zero-order chi connectivity index (χ0) is 17.6. The quantitative estimate of drug-likeness (QED) is 0.806. The topological polar surface area (TPSA) is 35.6 Å². The van der Waals surface area contributed by atoms with Gasteiger partial charge >= 0.3 is 6.18 Å². The summed E-state index contributed by atoms with van der Waals surface area (Å²) in [5, 5.41) is 2.76. The van der Waals surface area contributed by atoms with Gasteiger partial charge in [-0.2, -0.15) is 13.2 Å². The molecule has 0 aliphatic carbocycles. The van der Waals surface area contributed by atoms with Crippen molar-refractivity contribution in [2.45, 2.75) is 19.5 Å². The fourth-order valence-corrected chi connectivity index (χ4v) is 2.75. The first-order chi connectivity index (χ1) is 11.4. The highest BCUT2D eigenvalue weighted by Crippen LogP contribution is 2.29. The number of carbonyl (C=O) groups is 1. The minimum atomic E-state index is -4.38. The monoisotopic (exact) mass is 343 g/mol. The van der Waals surface area contributed by atoms with Gasteiger partial charge in [-0.25, -0.2) is 0 Å². The van der Waals surface area contributed by atoms with Crippen molar-refractivity contribution in [3.8, 4) is 0 Å². The number of rotatable bonds is 6. The molecule has 0 unspecified atom stereocenters. The van der Waals surface area contributed by atoms with Gasteiger partial charge in [-0.05, 0) is 43.8 Å². The number of hydrogen-bond acceptors (Lipinski definition) is 3. The summed E-state index contributed by atoms with van der Waals surface area (Å²) < 4.78 is 37.5. The smallest absolute Gasteiger partial charge is 0.352 e.